The fraction of sp³-hybridized carbons (Fsp3) is 0.317. The third kappa shape index (κ3) is 14.6. The average molecular weight is 850 g/mol. The van der Waals surface area contributed by atoms with E-state index in [1.165, 1.54) is 59.5 Å². The van der Waals surface area contributed by atoms with Crippen molar-refractivity contribution in [2.75, 3.05) is 32.7 Å². The number of aliphatic carboxylic acids is 1. The minimum atomic E-state index is -1.41. The van der Waals surface area contributed by atoms with Gasteiger partial charge in [-0.1, -0.05) is 18.2 Å². The highest BCUT2D eigenvalue weighted by Crippen LogP contribution is 2.35. The minimum Gasteiger partial charge on any atom is -0.480 e. The van der Waals surface area contributed by atoms with Gasteiger partial charge in [-0.2, -0.15) is 0 Å². The van der Waals surface area contributed by atoms with Gasteiger partial charge in [0.2, 0.25) is 0 Å². The van der Waals surface area contributed by atoms with E-state index in [1.807, 2.05) is 0 Å². The van der Waals surface area contributed by atoms with Crippen LogP contribution < -0.4 is 33.7 Å². The zero-order valence-electron chi connectivity index (χ0n) is 34.0. The molecule has 0 fully saturated rings. The molecule has 0 aliphatic rings. The number of hydrogen-bond acceptors (Lipinski definition) is 16. The first-order valence-electron chi connectivity index (χ1n) is 18.4. The molecule has 3 aromatic rings. The van der Waals surface area contributed by atoms with E-state index < -0.39 is 71.8 Å². The lowest BCUT2D eigenvalue weighted by molar-refractivity contribution is -0.138. The maximum absolute atomic E-state index is 14.2. The Bertz CT molecular complexity index is 2220. The monoisotopic (exact) mass is 849 g/mol. The Morgan fingerprint density at radius 2 is 0.820 bits per heavy atom. The van der Waals surface area contributed by atoms with E-state index in [1.54, 1.807) is 0 Å². The number of carboxylic acids is 1. The number of carbonyl (C=O) groups excluding carboxylic acids is 9. The molecule has 0 aliphatic heterocycles. The molecule has 0 aromatic heterocycles. The molecule has 0 saturated carbocycles. The Kier molecular flexibility index (Phi) is 17.6. The van der Waals surface area contributed by atoms with E-state index in [9.17, 15) is 53.1 Å². The van der Waals surface area contributed by atoms with Crippen molar-refractivity contribution in [3.05, 3.63) is 71.3 Å². The molecule has 2 N–H and O–H groups in total. The number of esters is 6. The van der Waals surface area contributed by atoms with Crippen LogP contribution in [0.2, 0.25) is 0 Å². The molecule has 3 amide bonds. The van der Waals surface area contributed by atoms with Crippen molar-refractivity contribution in [3.63, 3.8) is 0 Å². The number of carboxylic acid groups (broad SMARTS) is 1. The molecule has 0 aliphatic carbocycles. The fourth-order valence-corrected chi connectivity index (χ4v) is 5.61. The van der Waals surface area contributed by atoms with Crippen molar-refractivity contribution in [3.8, 4) is 34.5 Å². The summed E-state index contributed by atoms with van der Waals surface area (Å²) in [6.07, 6.45) is -0.0200. The van der Waals surface area contributed by atoms with Gasteiger partial charge in [-0.25, -0.2) is 0 Å². The van der Waals surface area contributed by atoms with Crippen LogP contribution in [-0.2, 0) is 33.6 Å². The van der Waals surface area contributed by atoms with Gasteiger partial charge in [0.1, 0.15) is 6.54 Å². The van der Waals surface area contributed by atoms with Gasteiger partial charge in [0.05, 0.1) is 16.7 Å². The van der Waals surface area contributed by atoms with Gasteiger partial charge < -0.3 is 48.6 Å². The van der Waals surface area contributed by atoms with Gasteiger partial charge in [-0.05, 0) is 49.2 Å². The summed E-state index contributed by atoms with van der Waals surface area (Å²) in [5.74, 6) is -10.4. The molecule has 0 atom stereocenters. The molecule has 0 saturated heterocycles. The largest absolute Gasteiger partial charge is 0.480 e. The van der Waals surface area contributed by atoms with Gasteiger partial charge in [-0.3, -0.25) is 47.9 Å². The van der Waals surface area contributed by atoms with Crippen molar-refractivity contribution in [1.29, 1.82) is 0 Å². The SMILES string of the molecule is CC(=O)Oc1cccc(C(=O)NCCCN(CCCN(CC(=O)O)C(=O)c2cccc(OC(C)=O)c2OC(C)=O)C(=O)c2cccc(OC(C)=O)c2OC(C)=O)c1OC(C)=O. The number of ether oxygens (including phenoxy) is 6. The first-order valence-corrected chi connectivity index (χ1v) is 18.4. The summed E-state index contributed by atoms with van der Waals surface area (Å²) >= 11 is 0. The lowest BCUT2D eigenvalue weighted by atomic mass is 10.1. The third-order valence-corrected chi connectivity index (χ3v) is 7.79. The van der Waals surface area contributed by atoms with Gasteiger partial charge >= 0.3 is 41.8 Å². The Labute approximate surface area is 348 Å². The molecule has 0 bridgehead atoms. The second kappa shape index (κ2) is 22.5. The van der Waals surface area contributed by atoms with Gasteiger partial charge in [0.15, 0.2) is 34.5 Å². The van der Waals surface area contributed by atoms with Crippen molar-refractivity contribution in [1.82, 2.24) is 15.1 Å². The lowest BCUT2D eigenvalue weighted by Crippen LogP contribution is -2.40. The van der Waals surface area contributed by atoms with Crippen LogP contribution in [0, 0.1) is 0 Å². The van der Waals surface area contributed by atoms with Crippen molar-refractivity contribution in [2.45, 2.75) is 54.4 Å². The molecular formula is C41H43N3O17. The van der Waals surface area contributed by atoms with Gasteiger partial charge in [-0.15, -0.1) is 0 Å². The van der Waals surface area contributed by atoms with Crippen LogP contribution in [0.4, 0.5) is 0 Å². The number of rotatable bonds is 19. The second-order valence-corrected chi connectivity index (χ2v) is 12.8. The van der Waals surface area contributed by atoms with E-state index in [-0.39, 0.29) is 84.5 Å². The molecular weight excluding hydrogens is 806 g/mol. The Morgan fingerprint density at radius 1 is 0.475 bits per heavy atom. The number of carbonyl (C=O) groups is 10. The van der Waals surface area contributed by atoms with E-state index >= 15 is 0 Å². The lowest BCUT2D eigenvalue weighted by Gasteiger charge is -2.27. The molecule has 0 heterocycles. The molecule has 3 aromatic carbocycles. The number of nitrogens with zero attached hydrogens (tertiary/aromatic N) is 2. The molecule has 61 heavy (non-hydrogen) atoms. The number of para-hydroxylation sites is 3. The molecule has 0 radical (unpaired) electrons. The number of amides is 3. The van der Waals surface area contributed by atoms with Gasteiger partial charge in [0.25, 0.3) is 17.7 Å². The summed E-state index contributed by atoms with van der Waals surface area (Å²) in [6, 6.07) is 11.9. The van der Waals surface area contributed by atoms with Crippen LogP contribution in [-0.4, -0.2) is 107 Å². The maximum Gasteiger partial charge on any atom is 0.323 e. The zero-order chi connectivity index (χ0) is 45.4. The van der Waals surface area contributed by atoms with E-state index in [0.717, 1.165) is 46.4 Å². The molecule has 324 valence electrons. The predicted molar refractivity (Wildman–Crippen MR) is 208 cm³/mol. The Balaban J connectivity index is 1.95. The van der Waals surface area contributed by atoms with E-state index in [2.05, 4.69) is 5.32 Å². The first-order chi connectivity index (χ1) is 28.8. The first kappa shape index (κ1) is 47.7. The fourth-order valence-electron chi connectivity index (χ4n) is 5.61. The van der Waals surface area contributed by atoms with E-state index in [0.29, 0.717) is 0 Å². The average Bonchev–Trinajstić information content (AvgIpc) is 3.15. The summed E-state index contributed by atoms with van der Waals surface area (Å²) in [5, 5.41) is 12.4. The molecule has 0 spiro atoms. The summed E-state index contributed by atoms with van der Waals surface area (Å²) in [6.45, 7) is 4.97. The van der Waals surface area contributed by atoms with Gasteiger partial charge in [0, 0.05) is 67.7 Å². The van der Waals surface area contributed by atoms with E-state index in [4.69, 9.17) is 28.4 Å². The number of nitrogens with one attached hydrogen (secondary N) is 1. The predicted octanol–water partition coefficient (Wildman–Crippen LogP) is 3.12. The normalized spacial score (nSPS) is 10.3. The van der Waals surface area contributed by atoms with Crippen molar-refractivity contribution >= 4 is 59.5 Å². The smallest absolute Gasteiger partial charge is 0.323 e. The summed E-state index contributed by atoms with van der Waals surface area (Å²) in [4.78, 5) is 127. The Hall–Kier alpha value is -7.64. The molecule has 20 nitrogen and oxygen atoms in total. The highest BCUT2D eigenvalue weighted by atomic mass is 16.6. The molecule has 20 heteroatoms. The van der Waals surface area contributed by atoms with Crippen molar-refractivity contribution < 1.29 is 81.5 Å². The van der Waals surface area contributed by atoms with Crippen LogP contribution in [0.1, 0.15) is 85.5 Å². The zero-order valence-corrected chi connectivity index (χ0v) is 34.0. The van der Waals surface area contributed by atoms with Crippen molar-refractivity contribution in [2.24, 2.45) is 0 Å². The summed E-state index contributed by atoms with van der Waals surface area (Å²) in [7, 11) is 0. The summed E-state index contributed by atoms with van der Waals surface area (Å²) < 4.78 is 31.0. The maximum atomic E-state index is 14.2. The minimum absolute atomic E-state index is 0.0585. The second-order valence-electron chi connectivity index (χ2n) is 12.8. The van der Waals surface area contributed by atoms with Crippen LogP contribution in [0.15, 0.2) is 54.6 Å². The number of benzene rings is 3. The van der Waals surface area contributed by atoms with Crippen LogP contribution >= 0.6 is 0 Å². The third-order valence-electron chi connectivity index (χ3n) is 7.79. The summed E-state index contributed by atoms with van der Waals surface area (Å²) in [5.41, 5.74) is -0.658. The molecule has 3 rings (SSSR count). The van der Waals surface area contributed by atoms with Crippen LogP contribution in [0.5, 0.6) is 34.5 Å². The van der Waals surface area contributed by atoms with Crippen LogP contribution in [0.3, 0.4) is 0 Å². The highest BCUT2D eigenvalue weighted by molar-refractivity contribution is 6.01. The molecule has 0 unspecified atom stereocenters. The topological polar surface area (TPSA) is 265 Å². The highest BCUT2D eigenvalue weighted by Gasteiger charge is 2.28. The quantitative estimate of drug-likeness (QED) is 0.0997. The number of hydrogen-bond donors (Lipinski definition) is 2. The van der Waals surface area contributed by atoms with Crippen LogP contribution in [0.25, 0.3) is 0 Å². The standard InChI is InChI=1S/C41H43N3O17/c1-23(45)56-32-15-7-12-29(36(32)59-26(4)48)39(53)42-18-10-19-43(40(54)30-13-8-16-33(57-24(2)46)37(30)60-27(5)49)20-11-21-44(22-35(51)52)41(55)31-14-9-17-34(58-25(3)47)38(31)61-28(6)50/h7-9,12-17H,10-11,18-22H2,1-6H3,(H,42,53)(H,51,52). The Morgan fingerprint density at radius 3 is 1.21 bits per heavy atom.